The van der Waals surface area contributed by atoms with Gasteiger partial charge in [0, 0.05) is 18.1 Å². The zero-order chi connectivity index (χ0) is 14.2. The summed E-state index contributed by atoms with van der Waals surface area (Å²) in [5.41, 5.74) is 0.260. The molecule has 0 spiro atoms. The van der Waals surface area contributed by atoms with Gasteiger partial charge in [-0.25, -0.2) is 9.78 Å². The number of benzene rings is 1. The smallest absolute Gasteiger partial charge is 0.335 e. The third-order valence-corrected chi connectivity index (χ3v) is 3.45. The summed E-state index contributed by atoms with van der Waals surface area (Å²) in [6.45, 7) is 0.583. The topological polar surface area (TPSA) is 72.3 Å². The molecular formula is C14H14N2O3S. The molecule has 1 N–H and O–H groups in total. The maximum absolute atomic E-state index is 10.7. The van der Waals surface area contributed by atoms with E-state index in [2.05, 4.69) is 9.97 Å². The number of thioether (sulfide) groups is 1. The van der Waals surface area contributed by atoms with Crippen molar-refractivity contribution in [3.05, 3.63) is 48.4 Å². The Morgan fingerprint density at radius 2 is 2.05 bits per heavy atom. The van der Waals surface area contributed by atoms with E-state index in [0.29, 0.717) is 12.4 Å². The van der Waals surface area contributed by atoms with Crippen LogP contribution in [0.5, 0.6) is 5.75 Å². The lowest BCUT2D eigenvalue weighted by molar-refractivity contribution is 0.0697. The Labute approximate surface area is 121 Å². The Balaban J connectivity index is 1.67. The SMILES string of the molecule is O=C(O)c1ccc(OCCCSc2cnccn2)cc1. The molecule has 0 saturated carbocycles. The molecule has 0 aliphatic heterocycles. The normalized spacial score (nSPS) is 10.2. The summed E-state index contributed by atoms with van der Waals surface area (Å²) in [4.78, 5) is 18.8. The molecule has 2 rings (SSSR count). The highest BCUT2D eigenvalue weighted by Crippen LogP contribution is 2.15. The van der Waals surface area contributed by atoms with Gasteiger partial charge >= 0.3 is 5.97 Å². The number of aromatic carboxylic acids is 1. The molecule has 0 saturated heterocycles. The van der Waals surface area contributed by atoms with E-state index in [1.165, 1.54) is 12.1 Å². The van der Waals surface area contributed by atoms with Gasteiger partial charge in [0.05, 0.1) is 18.4 Å². The van der Waals surface area contributed by atoms with Crippen LogP contribution < -0.4 is 4.74 Å². The predicted octanol–water partition coefficient (Wildman–Crippen LogP) is 2.74. The van der Waals surface area contributed by atoms with Crippen molar-refractivity contribution in [2.24, 2.45) is 0 Å². The monoisotopic (exact) mass is 290 g/mol. The molecule has 2 aromatic rings. The number of nitrogens with zero attached hydrogens (tertiary/aromatic N) is 2. The van der Waals surface area contributed by atoms with E-state index in [-0.39, 0.29) is 5.56 Å². The number of rotatable bonds is 7. The maximum Gasteiger partial charge on any atom is 0.335 e. The molecule has 0 aliphatic carbocycles. The van der Waals surface area contributed by atoms with Crippen molar-refractivity contribution in [1.29, 1.82) is 0 Å². The fraction of sp³-hybridized carbons (Fsp3) is 0.214. The van der Waals surface area contributed by atoms with Gasteiger partial charge in [0.25, 0.3) is 0 Å². The number of hydrogen-bond acceptors (Lipinski definition) is 5. The van der Waals surface area contributed by atoms with Gasteiger partial charge in [-0.05, 0) is 30.7 Å². The summed E-state index contributed by atoms with van der Waals surface area (Å²) in [7, 11) is 0. The van der Waals surface area contributed by atoms with Crippen molar-refractivity contribution >= 4 is 17.7 Å². The van der Waals surface area contributed by atoms with E-state index in [0.717, 1.165) is 17.2 Å². The van der Waals surface area contributed by atoms with Gasteiger partial charge in [0.2, 0.25) is 0 Å². The quantitative estimate of drug-likeness (QED) is 0.624. The minimum Gasteiger partial charge on any atom is -0.494 e. The molecule has 0 aliphatic rings. The van der Waals surface area contributed by atoms with E-state index >= 15 is 0 Å². The van der Waals surface area contributed by atoms with E-state index in [1.807, 2.05) is 0 Å². The first-order valence-corrected chi connectivity index (χ1v) is 7.09. The number of carboxylic acids is 1. The van der Waals surface area contributed by atoms with Crippen LogP contribution in [0.25, 0.3) is 0 Å². The third kappa shape index (κ3) is 4.55. The molecule has 0 unspecified atom stereocenters. The van der Waals surface area contributed by atoms with Crippen LogP contribution in [0, 0.1) is 0 Å². The Hall–Kier alpha value is -2.08. The zero-order valence-electron chi connectivity index (χ0n) is 10.7. The van der Waals surface area contributed by atoms with E-state index < -0.39 is 5.97 Å². The standard InChI is InChI=1S/C14H14N2O3S/c17-14(18)11-2-4-12(5-3-11)19-8-1-9-20-13-10-15-6-7-16-13/h2-7,10H,1,8-9H2,(H,17,18). The lowest BCUT2D eigenvalue weighted by Crippen LogP contribution is -2.00. The largest absolute Gasteiger partial charge is 0.494 e. The second-order valence-electron chi connectivity index (χ2n) is 3.92. The molecule has 20 heavy (non-hydrogen) atoms. The van der Waals surface area contributed by atoms with Gasteiger partial charge in [-0.3, -0.25) is 4.98 Å². The number of carbonyl (C=O) groups is 1. The van der Waals surface area contributed by atoms with Crippen LogP contribution in [0.2, 0.25) is 0 Å². The highest BCUT2D eigenvalue weighted by atomic mass is 32.2. The summed E-state index contributed by atoms with van der Waals surface area (Å²) in [6, 6.07) is 6.40. The molecule has 6 heteroatoms. The van der Waals surface area contributed by atoms with Gasteiger partial charge in [0.1, 0.15) is 10.8 Å². The molecule has 1 heterocycles. The highest BCUT2D eigenvalue weighted by Gasteiger charge is 2.02. The summed E-state index contributed by atoms with van der Waals surface area (Å²) in [6.07, 6.45) is 5.93. The van der Waals surface area contributed by atoms with Crippen molar-refractivity contribution in [2.45, 2.75) is 11.4 Å². The highest BCUT2D eigenvalue weighted by molar-refractivity contribution is 7.99. The van der Waals surface area contributed by atoms with Crippen LogP contribution in [0.1, 0.15) is 16.8 Å². The van der Waals surface area contributed by atoms with E-state index in [4.69, 9.17) is 9.84 Å². The Morgan fingerprint density at radius 3 is 2.70 bits per heavy atom. The molecule has 104 valence electrons. The number of ether oxygens (including phenoxy) is 1. The average Bonchev–Trinajstić information content (AvgIpc) is 2.48. The summed E-state index contributed by atoms with van der Waals surface area (Å²) < 4.78 is 5.54. The van der Waals surface area contributed by atoms with Crippen molar-refractivity contribution in [3.63, 3.8) is 0 Å². The fourth-order valence-corrected chi connectivity index (χ4v) is 2.22. The lowest BCUT2D eigenvalue weighted by atomic mass is 10.2. The Kier molecular flexibility index (Phi) is 5.37. The lowest BCUT2D eigenvalue weighted by Gasteiger charge is -2.06. The van der Waals surface area contributed by atoms with Crippen LogP contribution in [0.15, 0.2) is 47.9 Å². The second kappa shape index (κ2) is 7.49. The van der Waals surface area contributed by atoms with Crippen LogP contribution in [0.3, 0.4) is 0 Å². The van der Waals surface area contributed by atoms with Crippen molar-refractivity contribution in [3.8, 4) is 5.75 Å². The van der Waals surface area contributed by atoms with Crippen molar-refractivity contribution in [2.75, 3.05) is 12.4 Å². The number of hydrogen-bond donors (Lipinski definition) is 1. The number of carboxylic acid groups (broad SMARTS) is 1. The van der Waals surface area contributed by atoms with Gasteiger partial charge in [0.15, 0.2) is 0 Å². The molecule has 0 amide bonds. The van der Waals surface area contributed by atoms with Crippen LogP contribution in [0.4, 0.5) is 0 Å². The average molecular weight is 290 g/mol. The molecule has 5 nitrogen and oxygen atoms in total. The summed E-state index contributed by atoms with van der Waals surface area (Å²) in [5.74, 6) is 0.641. The van der Waals surface area contributed by atoms with Gasteiger partial charge in [-0.15, -0.1) is 11.8 Å². The predicted molar refractivity (Wildman–Crippen MR) is 76.3 cm³/mol. The molecule has 0 atom stereocenters. The molecule has 0 fully saturated rings. The van der Waals surface area contributed by atoms with Crippen LogP contribution >= 0.6 is 11.8 Å². The van der Waals surface area contributed by atoms with Crippen molar-refractivity contribution < 1.29 is 14.6 Å². The van der Waals surface area contributed by atoms with E-state index in [9.17, 15) is 4.79 Å². The first-order chi connectivity index (χ1) is 9.75. The van der Waals surface area contributed by atoms with E-state index in [1.54, 1.807) is 42.5 Å². The molecule has 1 aromatic heterocycles. The first-order valence-electron chi connectivity index (χ1n) is 6.10. The van der Waals surface area contributed by atoms with Gasteiger partial charge < -0.3 is 9.84 Å². The van der Waals surface area contributed by atoms with Crippen LogP contribution in [-0.4, -0.2) is 33.4 Å². The Morgan fingerprint density at radius 1 is 1.25 bits per heavy atom. The minimum absolute atomic E-state index is 0.260. The Bertz CT molecular complexity index is 546. The summed E-state index contributed by atoms with van der Waals surface area (Å²) in [5, 5.41) is 9.68. The van der Waals surface area contributed by atoms with Crippen LogP contribution in [-0.2, 0) is 0 Å². The van der Waals surface area contributed by atoms with Gasteiger partial charge in [-0.1, -0.05) is 0 Å². The second-order valence-corrected chi connectivity index (χ2v) is 5.04. The minimum atomic E-state index is -0.933. The third-order valence-electron chi connectivity index (χ3n) is 2.45. The van der Waals surface area contributed by atoms with Gasteiger partial charge in [-0.2, -0.15) is 0 Å². The zero-order valence-corrected chi connectivity index (χ0v) is 11.5. The molecule has 0 bridgehead atoms. The first kappa shape index (κ1) is 14.3. The molecule has 0 radical (unpaired) electrons. The fourth-order valence-electron chi connectivity index (χ4n) is 1.48. The summed E-state index contributed by atoms with van der Waals surface area (Å²) >= 11 is 1.63. The van der Waals surface area contributed by atoms with Crippen molar-refractivity contribution in [1.82, 2.24) is 9.97 Å². The maximum atomic E-state index is 10.7. The number of aromatic nitrogens is 2. The molecular weight excluding hydrogens is 276 g/mol. The molecule has 1 aromatic carbocycles.